The summed E-state index contributed by atoms with van der Waals surface area (Å²) in [5.41, 5.74) is -2.69. The predicted octanol–water partition coefficient (Wildman–Crippen LogP) is -0.489. The molecule has 0 bridgehead atoms. The Morgan fingerprint density at radius 1 is 1.18 bits per heavy atom. The zero-order chi connectivity index (χ0) is 17.3. The summed E-state index contributed by atoms with van der Waals surface area (Å²) in [4.78, 5) is 48.6. The Balaban J connectivity index is 3.00. The maximum atomic E-state index is 12.1. The highest BCUT2D eigenvalue weighted by Crippen LogP contribution is 2.22. The number of likely N-dealkylation sites (N-methyl/N-ethyl adjacent to an activating group) is 1. The standard InChI is InChI=1S/C14H22N2O6/c1-13(2,3)22-12(21)15(5)14(4,11(19)20)8-16-9(17)6-7-10(16)18/h6-8H2,1-5H3,(H,19,20)/p-1. The smallest absolute Gasteiger partial charge is 0.410 e. The van der Waals surface area contributed by atoms with E-state index in [0.717, 1.165) is 9.80 Å². The molecule has 0 aromatic carbocycles. The van der Waals surface area contributed by atoms with Gasteiger partial charge in [0.1, 0.15) is 11.1 Å². The molecule has 1 unspecified atom stereocenters. The van der Waals surface area contributed by atoms with Crippen LogP contribution >= 0.6 is 0 Å². The normalized spacial score (nSPS) is 18.1. The lowest BCUT2D eigenvalue weighted by Gasteiger charge is -2.41. The van der Waals surface area contributed by atoms with Crippen molar-refractivity contribution in [3.63, 3.8) is 0 Å². The Morgan fingerprint density at radius 2 is 1.64 bits per heavy atom. The van der Waals surface area contributed by atoms with Gasteiger partial charge in [0.25, 0.3) is 0 Å². The molecule has 0 spiro atoms. The molecule has 1 rings (SSSR count). The molecule has 1 saturated heterocycles. The number of aliphatic carboxylic acids is 1. The highest BCUT2D eigenvalue weighted by Gasteiger charge is 2.42. The number of likely N-dealkylation sites (tertiary alicyclic amines) is 1. The van der Waals surface area contributed by atoms with Gasteiger partial charge in [-0.3, -0.25) is 19.4 Å². The van der Waals surface area contributed by atoms with E-state index in [4.69, 9.17) is 4.74 Å². The molecule has 1 heterocycles. The summed E-state index contributed by atoms with van der Waals surface area (Å²) in [6, 6.07) is 0. The monoisotopic (exact) mass is 313 g/mol. The summed E-state index contributed by atoms with van der Waals surface area (Å²) in [6.45, 7) is 5.67. The van der Waals surface area contributed by atoms with Crippen LogP contribution in [0.5, 0.6) is 0 Å². The number of imide groups is 1. The first-order valence-corrected chi connectivity index (χ1v) is 6.90. The van der Waals surface area contributed by atoms with E-state index < -0.39 is 41.6 Å². The van der Waals surface area contributed by atoms with Gasteiger partial charge in [0.15, 0.2) is 0 Å². The number of carboxylic acids is 1. The van der Waals surface area contributed by atoms with Crippen LogP contribution < -0.4 is 5.11 Å². The Hall–Kier alpha value is -2.12. The first kappa shape index (κ1) is 17.9. The third kappa shape index (κ3) is 3.75. The maximum Gasteiger partial charge on any atom is 0.410 e. The summed E-state index contributed by atoms with van der Waals surface area (Å²) in [6.07, 6.45) is -0.797. The molecule has 1 aliphatic rings. The predicted molar refractivity (Wildman–Crippen MR) is 73.4 cm³/mol. The molecule has 0 saturated carbocycles. The van der Waals surface area contributed by atoms with Crippen molar-refractivity contribution in [3.05, 3.63) is 0 Å². The van der Waals surface area contributed by atoms with Crippen molar-refractivity contribution < 1.29 is 29.0 Å². The zero-order valence-electron chi connectivity index (χ0n) is 13.5. The van der Waals surface area contributed by atoms with Gasteiger partial charge in [-0.2, -0.15) is 0 Å². The molecule has 8 nitrogen and oxygen atoms in total. The van der Waals surface area contributed by atoms with Crippen molar-refractivity contribution in [2.75, 3.05) is 13.6 Å². The summed E-state index contributed by atoms with van der Waals surface area (Å²) in [5.74, 6) is -2.50. The van der Waals surface area contributed by atoms with E-state index >= 15 is 0 Å². The molecule has 124 valence electrons. The van der Waals surface area contributed by atoms with Crippen LogP contribution in [0.25, 0.3) is 0 Å². The van der Waals surface area contributed by atoms with Crippen molar-refractivity contribution in [2.24, 2.45) is 0 Å². The molecule has 3 amide bonds. The molecule has 0 aliphatic carbocycles. The zero-order valence-corrected chi connectivity index (χ0v) is 13.5. The molecule has 0 radical (unpaired) electrons. The second-order valence-corrected chi connectivity index (χ2v) is 6.47. The van der Waals surface area contributed by atoms with E-state index in [1.807, 2.05) is 0 Å². The van der Waals surface area contributed by atoms with Crippen LogP contribution in [0.1, 0.15) is 40.5 Å². The van der Waals surface area contributed by atoms with Gasteiger partial charge in [-0.1, -0.05) is 0 Å². The molecule has 8 heteroatoms. The van der Waals surface area contributed by atoms with Crippen LogP contribution in [0.2, 0.25) is 0 Å². The number of amides is 3. The van der Waals surface area contributed by atoms with Crippen molar-refractivity contribution >= 4 is 23.9 Å². The molecule has 1 fully saturated rings. The number of rotatable bonds is 4. The highest BCUT2D eigenvalue weighted by atomic mass is 16.6. The van der Waals surface area contributed by atoms with E-state index in [2.05, 4.69) is 0 Å². The van der Waals surface area contributed by atoms with Crippen LogP contribution in [0.4, 0.5) is 4.79 Å². The number of ether oxygens (including phenoxy) is 1. The summed E-state index contributed by atoms with van der Waals surface area (Å²) in [7, 11) is 1.23. The third-order valence-electron chi connectivity index (χ3n) is 3.47. The molecule has 0 N–H and O–H groups in total. The first-order chi connectivity index (χ1) is 9.88. The average Bonchev–Trinajstić information content (AvgIpc) is 2.67. The molecular weight excluding hydrogens is 292 g/mol. The van der Waals surface area contributed by atoms with Crippen LogP contribution in [-0.2, 0) is 19.1 Å². The van der Waals surface area contributed by atoms with Crippen LogP contribution in [0, 0.1) is 0 Å². The summed E-state index contributed by atoms with van der Waals surface area (Å²) >= 11 is 0. The van der Waals surface area contributed by atoms with Gasteiger partial charge in [0.05, 0.1) is 12.5 Å². The lowest BCUT2D eigenvalue weighted by Crippen LogP contribution is -2.64. The molecule has 0 aromatic heterocycles. The van der Waals surface area contributed by atoms with Gasteiger partial charge < -0.3 is 14.6 Å². The Morgan fingerprint density at radius 3 is 2.00 bits per heavy atom. The Bertz CT molecular complexity index is 494. The lowest BCUT2D eigenvalue weighted by atomic mass is 10.00. The van der Waals surface area contributed by atoms with Gasteiger partial charge in [-0.15, -0.1) is 0 Å². The number of hydrogen-bond acceptors (Lipinski definition) is 6. The van der Waals surface area contributed by atoms with Gasteiger partial charge in [0, 0.05) is 19.9 Å². The minimum atomic E-state index is -1.88. The van der Waals surface area contributed by atoms with Crippen LogP contribution in [0.3, 0.4) is 0 Å². The molecule has 1 atom stereocenters. The number of nitrogens with zero attached hydrogens (tertiary/aromatic N) is 2. The molecule has 0 aromatic rings. The van der Waals surface area contributed by atoms with Crippen molar-refractivity contribution in [2.45, 2.75) is 51.7 Å². The van der Waals surface area contributed by atoms with Gasteiger partial charge in [0.2, 0.25) is 11.8 Å². The fraction of sp³-hybridized carbons (Fsp3) is 0.714. The number of carbonyl (C=O) groups is 4. The van der Waals surface area contributed by atoms with Crippen molar-refractivity contribution in [1.29, 1.82) is 0 Å². The van der Waals surface area contributed by atoms with Crippen molar-refractivity contribution in [1.82, 2.24) is 9.80 Å². The van der Waals surface area contributed by atoms with Gasteiger partial charge >= 0.3 is 6.09 Å². The van der Waals surface area contributed by atoms with Crippen LogP contribution in [-0.4, -0.2) is 58.4 Å². The Labute approximate surface area is 129 Å². The highest BCUT2D eigenvalue weighted by molar-refractivity contribution is 6.02. The fourth-order valence-electron chi connectivity index (χ4n) is 1.95. The number of carbonyl (C=O) groups excluding carboxylic acids is 4. The minimum Gasteiger partial charge on any atom is -0.548 e. The third-order valence-corrected chi connectivity index (χ3v) is 3.47. The molecule has 1 aliphatic heterocycles. The number of hydrogen-bond donors (Lipinski definition) is 0. The van der Waals surface area contributed by atoms with E-state index in [1.165, 1.54) is 14.0 Å². The molecule has 22 heavy (non-hydrogen) atoms. The topological polar surface area (TPSA) is 107 Å². The largest absolute Gasteiger partial charge is 0.548 e. The summed E-state index contributed by atoms with van der Waals surface area (Å²) in [5, 5.41) is 11.5. The Kier molecular flexibility index (Phi) is 4.84. The van der Waals surface area contributed by atoms with Gasteiger partial charge in [-0.05, 0) is 27.7 Å². The second-order valence-electron chi connectivity index (χ2n) is 6.47. The fourth-order valence-corrected chi connectivity index (χ4v) is 1.95. The van der Waals surface area contributed by atoms with E-state index in [0.29, 0.717) is 0 Å². The summed E-state index contributed by atoms with van der Waals surface area (Å²) < 4.78 is 5.12. The molecular formula is C14H21N2O6-. The van der Waals surface area contributed by atoms with E-state index in [1.54, 1.807) is 20.8 Å². The first-order valence-electron chi connectivity index (χ1n) is 6.90. The van der Waals surface area contributed by atoms with E-state index in [9.17, 15) is 24.3 Å². The lowest BCUT2D eigenvalue weighted by molar-refractivity contribution is -0.317. The van der Waals surface area contributed by atoms with Crippen LogP contribution in [0.15, 0.2) is 0 Å². The average molecular weight is 313 g/mol. The SMILES string of the molecule is CN(C(=O)OC(C)(C)C)C(C)(CN1C(=O)CCC1=O)C(=O)[O-]. The second kappa shape index (κ2) is 5.94. The van der Waals surface area contributed by atoms with Gasteiger partial charge in [-0.25, -0.2) is 4.79 Å². The van der Waals surface area contributed by atoms with E-state index in [-0.39, 0.29) is 12.8 Å². The quantitative estimate of drug-likeness (QED) is 0.648. The number of carboxylic acid groups (broad SMARTS) is 1. The minimum absolute atomic E-state index is 0.0398. The maximum absolute atomic E-state index is 12.1. The van der Waals surface area contributed by atoms with Crippen molar-refractivity contribution in [3.8, 4) is 0 Å².